The number of anilines is 2. The van der Waals surface area contributed by atoms with Gasteiger partial charge in [0.25, 0.3) is 5.91 Å². The van der Waals surface area contributed by atoms with E-state index in [2.05, 4.69) is 31.4 Å². The lowest BCUT2D eigenvalue weighted by molar-refractivity contribution is -0.0551. The maximum atomic E-state index is 13.9. The van der Waals surface area contributed by atoms with Crippen molar-refractivity contribution in [1.29, 1.82) is 0 Å². The normalized spacial score (nSPS) is 17.2. The molecule has 41 heavy (non-hydrogen) atoms. The summed E-state index contributed by atoms with van der Waals surface area (Å²) in [5, 5.41) is 7.47. The minimum atomic E-state index is -0.397. The minimum Gasteiger partial charge on any atom is -0.495 e. The second-order valence-electron chi connectivity index (χ2n) is 11.4. The van der Waals surface area contributed by atoms with Crippen LogP contribution < -0.4 is 15.4 Å². The van der Waals surface area contributed by atoms with Gasteiger partial charge in [0.05, 0.1) is 31.1 Å². The van der Waals surface area contributed by atoms with Gasteiger partial charge in [0.15, 0.2) is 0 Å². The predicted molar refractivity (Wildman–Crippen MR) is 164 cm³/mol. The van der Waals surface area contributed by atoms with Gasteiger partial charge in [-0.2, -0.15) is 0 Å². The van der Waals surface area contributed by atoms with Crippen LogP contribution in [0, 0.1) is 0 Å². The molecular weight excluding hydrogens is 514 g/mol. The van der Waals surface area contributed by atoms with Gasteiger partial charge in [0.2, 0.25) is 0 Å². The molecule has 5 rings (SSSR count). The van der Waals surface area contributed by atoms with Crippen molar-refractivity contribution in [3.05, 3.63) is 102 Å². The van der Waals surface area contributed by atoms with E-state index in [1.165, 1.54) is 0 Å². The Labute approximate surface area is 241 Å². The highest BCUT2D eigenvalue weighted by molar-refractivity contribution is 6.13. The van der Waals surface area contributed by atoms with Crippen molar-refractivity contribution in [2.45, 2.75) is 45.3 Å². The zero-order valence-corrected chi connectivity index (χ0v) is 24.2. The van der Waals surface area contributed by atoms with E-state index in [9.17, 15) is 9.59 Å². The van der Waals surface area contributed by atoms with E-state index in [0.29, 0.717) is 35.8 Å². The number of carbonyl (C=O) groups is 2. The average molecular weight is 552 g/mol. The van der Waals surface area contributed by atoms with Gasteiger partial charge in [-0.25, -0.2) is 4.79 Å². The molecule has 1 heterocycles. The molecule has 0 radical (unpaired) electrons. The van der Waals surface area contributed by atoms with Crippen LogP contribution in [0.4, 0.5) is 16.2 Å². The maximum absolute atomic E-state index is 13.9. The Morgan fingerprint density at radius 3 is 2.27 bits per heavy atom. The number of amides is 3. The van der Waals surface area contributed by atoms with Crippen molar-refractivity contribution in [3.63, 3.8) is 0 Å². The number of nitrogens with zero attached hydrogens (tertiary/aromatic N) is 1. The fourth-order valence-corrected chi connectivity index (χ4v) is 5.39. The molecule has 2 unspecified atom stereocenters. The van der Waals surface area contributed by atoms with Crippen LogP contribution in [0.1, 0.15) is 55.3 Å². The average Bonchev–Trinajstić information content (AvgIpc) is 2.97. The van der Waals surface area contributed by atoms with Gasteiger partial charge in [-0.3, -0.25) is 4.79 Å². The van der Waals surface area contributed by atoms with Crippen molar-refractivity contribution >= 4 is 34.1 Å². The van der Waals surface area contributed by atoms with Crippen LogP contribution in [-0.2, 0) is 10.2 Å². The number of hydrogen-bond acceptors (Lipinski definition) is 4. The number of fused-ring (bicyclic) bond motifs is 1. The molecule has 1 fully saturated rings. The Morgan fingerprint density at radius 2 is 1.56 bits per heavy atom. The summed E-state index contributed by atoms with van der Waals surface area (Å²) in [6.45, 7) is 9.36. The van der Waals surface area contributed by atoms with Crippen LogP contribution in [0.2, 0.25) is 0 Å². The number of ether oxygens (including phenoxy) is 2. The van der Waals surface area contributed by atoms with Crippen molar-refractivity contribution < 1.29 is 19.1 Å². The van der Waals surface area contributed by atoms with E-state index in [0.717, 1.165) is 21.9 Å². The standard InChI is InChI=1S/C34H37N3O4/c1-22-31(23-11-7-6-8-12-23)41-20-19-37(22)32(38)27-16-17-28(26-14-10-9-13-25(26)27)35-33(39)36-29-21-24(34(2,3)4)15-18-30(29)40-5/h6-18,21-22,31H,19-20H2,1-5H3,(H2,35,36,39). The Kier molecular flexibility index (Phi) is 7.99. The largest absolute Gasteiger partial charge is 0.495 e. The lowest BCUT2D eigenvalue weighted by Crippen LogP contribution is -2.48. The fraction of sp³-hybridized carbons (Fsp3) is 0.294. The highest BCUT2D eigenvalue weighted by atomic mass is 16.5. The molecule has 0 aromatic heterocycles. The molecule has 1 aliphatic heterocycles. The Bertz CT molecular complexity index is 1560. The van der Waals surface area contributed by atoms with Crippen LogP contribution in [-0.4, -0.2) is 43.1 Å². The van der Waals surface area contributed by atoms with Crippen molar-refractivity contribution in [2.24, 2.45) is 0 Å². The quantitative estimate of drug-likeness (QED) is 0.271. The van der Waals surface area contributed by atoms with E-state index >= 15 is 0 Å². The number of nitrogens with one attached hydrogen (secondary N) is 2. The molecule has 1 saturated heterocycles. The molecule has 2 N–H and O–H groups in total. The highest BCUT2D eigenvalue weighted by Crippen LogP contribution is 2.34. The molecule has 7 nitrogen and oxygen atoms in total. The van der Waals surface area contributed by atoms with Crippen LogP contribution in [0.25, 0.3) is 10.8 Å². The third kappa shape index (κ3) is 5.91. The van der Waals surface area contributed by atoms with Gasteiger partial charge < -0.3 is 25.0 Å². The molecule has 1 aliphatic rings. The highest BCUT2D eigenvalue weighted by Gasteiger charge is 2.34. The number of morpholine rings is 1. The summed E-state index contributed by atoms with van der Waals surface area (Å²) in [5.41, 5.74) is 3.83. The lowest BCUT2D eigenvalue weighted by atomic mass is 9.87. The van der Waals surface area contributed by atoms with E-state index in [1.54, 1.807) is 19.2 Å². The molecule has 0 aliphatic carbocycles. The number of hydrogen-bond donors (Lipinski definition) is 2. The number of carbonyl (C=O) groups excluding carboxylic acids is 2. The van der Waals surface area contributed by atoms with Crippen molar-refractivity contribution in [2.75, 3.05) is 30.9 Å². The molecule has 212 valence electrons. The Morgan fingerprint density at radius 1 is 0.878 bits per heavy atom. The summed E-state index contributed by atoms with van der Waals surface area (Å²) in [6.07, 6.45) is -0.196. The SMILES string of the molecule is COc1ccc(C(C)(C)C)cc1NC(=O)Nc1ccc(C(=O)N2CCOC(c3ccccc3)C2C)c2ccccc12. The fourth-order valence-electron chi connectivity index (χ4n) is 5.39. The van der Waals surface area contributed by atoms with Crippen molar-refractivity contribution in [1.82, 2.24) is 4.90 Å². The molecule has 4 aromatic rings. The van der Waals surface area contributed by atoms with E-state index < -0.39 is 6.03 Å². The van der Waals surface area contributed by atoms with Crippen molar-refractivity contribution in [3.8, 4) is 5.75 Å². The smallest absolute Gasteiger partial charge is 0.323 e. The lowest BCUT2D eigenvalue weighted by Gasteiger charge is -2.39. The van der Waals surface area contributed by atoms with Crippen LogP contribution in [0.5, 0.6) is 5.75 Å². The van der Waals surface area contributed by atoms with Gasteiger partial charge in [0.1, 0.15) is 11.9 Å². The third-order valence-electron chi connectivity index (χ3n) is 7.66. The Hall–Kier alpha value is -4.36. The molecule has 0 saturated carbocycles. The summed E-state index contributed by atoms with van der Waals surface area (Å²) in [5.74, 6) is 0.519. The number of urea groups is 1. The molecule has 2 atom stereocenters. The summed E-state index contributed by atoms with van der Waals surface area (Å²) < 4.78 is 11.6. The summed E-state index contributed by atoms with van der Waals surface area (Å²) >= 11 is 0. The van der Waals surface area contributed by atoms with Gasteiger partial charge in [0, 0.05) is 17.5 Å². The first kappa shape index (κ1) is 28.2. The van der Waals surface area contributed by atoms with Gasteiger partial charge in [-0.05, 0) is 53.1 Å². The molecule has 0 spiro atoms. The zero-order chi connectivity index (χ0) is 29.1. The topological polar surface area (TPSA) is 79.9 Å². The maximum Gasteiger partial charge on any atom is 0.323 e. The molecular formula is C34H37N3O4. The monoisotopic (exact) mass is 551 g/mol. The second kappa shape index (κ2) is 11.6. The number of methoxy groups -OCH3 is 1. The zero-order valence-electron chi connectivity index (χ0n) is 24.2. The van der Waals surface area contributed by atoms with Crippen LogP contribution in [0.3, 0.4) is 0 Å². The number of benzene rings is 4. The first-order chi connectivity index (χ1) is 19.7. The molecule has 0 bridgehead atoms. The molecule has 3 amide bonds. The Balaban J connectivity index is 1.40. The van der Waals surface area contributed by atoms with Gasteiger partial charge in [-0.15, -0.1) is 0 Å². The van der Waals surface area contributed by atoms with Gasteiger partial charge >= 0.3 is 6.03 Å². The van der Waals surface area contributed by atoms with E-state index in [1.807, 2.05) is 84.6 Å². The summed E-state index contributed by atoms with van der Waals surface area (Å²) in [4.78, 5) is 29.0. The van der Waals surface area contributed by atoms with Gasteiger partial charge in [-0.1, -0.05) is 81.4 Å². The second-order valence-corrected chi connectivity index (χ2v) is 11.4. The summed E-state index contributed by atoms with van der Waals surface area (Å²) in [7, 11) is 1.58. The van der Waals surface area contributed by atoms with E-state index in [4.69, 9.17) is 9.47 Å². The third-order valence-corrected chi connectivity index (χ3v) is 7.66. The van der Waals surface area contributed by atoms with Crippen LogP contribution >= 0.6 is 0 Å². The first-order valence-corrected chi connectivity index (χ1v) is 13.9. The number of rotatable bonds is 5. The van der Waals surface area contributed by atoms with E-state index in [-0.39, 0.29) is 23.5 Å². The first-order valence-electron chi connectivity index (χ1n) is 13.9. The minimum absolute atomic E-state index is 0.0577. The van der Waals surface area contributed by atoms with Crippen LogP contribution in [0.15, 0.2) is 84.9 Å². The molecule has 7 heteroatoms. The predicted octanol–water partition coefficient (Wildman–Crippen LogP) is 7.39. The molecule has 4 aromatic carbocycles. The summed E-state index contributed by atoms with van der Waals surface area (Å²) in [6, 6.07) is 26.5.